The lowest BCUT2D eigenvalue weighted by atomic mass is 9.87. The molecule has 2 heteroatoms. The van der Waals surface area contributed by atoms with Crippen molar-refractivity contribution >= 4 is 0 Å². The third-order valence-corrected chi connectivity index (χ3v) is 5.38. The van der Waals surface area contributed by atoms with E-state index >= 15 is 0 Å². The Balaban J connectivity index is 1.78. The third-order valence-electron chi connectivity index (χ3n) is 5.38. The molecule has 1 unspecified atom stereocenters. The topological polar surface area (TPSA) is 6.48 Å². The van der Waals surface area contributed by atoms with Gasteiger partial charge >= 0.3 is 0 Å². The van der Waals surface area contributed by atoms with E-state index in [0.717, 1.165) is 23.9 Å². The molecule has 0 aromatic heterocycles. The summed E-state index contributed by atoms with van der Waals surface area (Å²) >= 11 is 0. The van der Waals surface area contributed by atoms with Gasteiger partial charge in [-0.25, -0.2) is 0 Å². The van der Waals surface area contributed by atoms with E-state index in [1.807, 2.05) is 0 Å². The highest BCUT2D eigenvalue weighted by Gasteiger charge is 2.29. The Morgan fingerprint density at radius 3 is 1.78 bits per heavy atom. The van der Waals surface area contributed by atoms with Crippen molar-refractivity contribution in [1.29, 1.82) is 0 Å². The van der Waals surface area contributed by atoms with Gasteiger partial charge in [0, 0.05) is 12.1 Å². The second kappa shape index (κ2) is 6.38. The van der Waals surface area contributed by atoms with E-state index in [2.05, 4.69) is 37.5 Å². The molecule has 2 nitrogen and oxygen atoms in total. The molecule has 0 aliphatic carbocycles. The van der Waals surface area contributed by atoms with Crippen LogP contribution >= 0.6 is 0 Å². The molecule has 0 spiro atoms. The fraction of sp³-hybridized carbons (Fsp3) is 1.00. The molecule has 2 fully saturated rings. The molecule has 0 aromatic carbocycles. The van der Waals surface area contributed by atoms with E-state index < -0.39 is 0 Å². The van der Waals surface area contributed by atoms with Crippen molar-refractivity contribution in [1.82, 2.24) is 9.80 Å². The van der Waals surface area contributed by atoms with Crippen LogP contribution < -0.4 is 0 Å². The van der Waals surface area contributed by atoms with Crippen molar-refractivity contribution < 1.29 is 0 Å². The Bertz CT molecular complexity index is 235. The van der Waals surface area contributed by atoms with Crippen LogP contribution in [0, 0.1) is 11.8 Å². The van der Waals surface area contributed by atoms with Gasteiger partial charge in [0.25, 0.3) is 0 Å². The zero-order valence-electron chi connectivity index (χ0n) is 12.9. The average molecular weight is 252 g/mol. The number of likely N-dealkylation sites (tertiary alicyclic amines) is 2. The minimum atomic E-state index is 0.733. The van der Waals surface area contributed by atoms with Crippen LogP contribution in [0.5, 0.6) is 0 Å². The lowest BCUT2D eigenvalue weighted by Gasteiger charge is -2.43. The molecule has 0 N–H and O–H groups in total. The SMILES string of the molecule is CC1CCN(C(C)C2CCN(C(C)C)CC2)CC1. The predicted molar refractivity (Wildman–Crippen MR) is 78.9 cm³/mol. The first-order valence-electron chi connectivity index (χ1n) is 8.06. The standard InChI is InChI=1S/C16H32N2/c1-13(2)17-11-7-16(8-12-17)15(4)18-9-5-14(3)6-10-18/h13-16H,5-12H2,1-4H3. The Labute approximate surface area is 114 Å². The van der Waals surface area contributed by atoms with Crippen LogP contribution in [0.25, 0.3) is 0 Å². The molecule has 2 heterocycles. The molecule has 106 valence electrons. The molecule has 2 aliphatic rings. The van der Waals surface area contributed by atoms with E-state index in [1.54, 1.807) is 0 Å². The molecule has 0 amide bonds. The summed E-state index contributed by atoms with van der Waals surface area (Å²) in [5.74, 6) is 1.89. The molecule has 0 aromatic rings. The lowest BCUT2D eigenvalue weighted by Crippen LogP contribution is -2.47. The summed E-state index contributed by atoms with van der Waals surface area (Å²) in [4.78, 5) is 5.40. The summed E-state index contributed by atoms with van der Waals surface area (Å²) in [6, 6.07) is 1.55. The van der Waals surface area contributed by atoms with Crippen LogP contribution in [0.2, 0.25) is 0 Å². The van der Waals surface area contributed by atoms with E-state index in [-0.39, 0.29) is 0 Å². The minimum absolute atomic E-state index is 0.733. The molecule has 0 bridgehead atoms. The van der Waals surface area contributed by atoms with Crippen LogP contribution in [-0.4, -0.2) is 48.1 Å². The van der Waals surface area contributed by atoms with E-state index in [0.29, 0.717) is 0 Å². The summed E-state index contributed by atoms with van der Waals surface area (Å²) in [7, 11) is 0. The number of hydrogen-bond donors (Lipinski definition) is 0. The van der Waals surface area contributed by atoms with Crippen LogP contribution in [-0.2, 0) is 0 Å². The molecule has 2 rings (SSSR count). The molecule has 0 saturated carbocycles. The maximum Gasteiger partial charge on any atom is 0.00961 e. The van der Waals surface area contributed by atoms with Crippen LogP contribution in [0.3, 0.4) is 0 Å². The highest BCUT2D eigenvalue weighted by molar-refractivity contribution is 4.84. The summed E-state index contributed by atoms with van der Waals surface area (Å²) in [6.07, 6.45) is 5.64. The third kappa shape index (κ3) is 3.48. The second-order valence-electron chi connectivity index (χ2n) is 6.93. The Morgan fingerprint density at radius 2 is 1.28 bits per heavy atom. The molecule has 2 aliphatic heterocycles. The Morgan fingerprint density at radius 1 is 0.778 bits per heavy atom. The zero-order chi connectivity index (χ0) is 13.1. The predicted octanol–water partition coefficient (Wildman–Crippen LogP) is 3.23. The lowest BCUT2D eigenvalue weighted by molar-refractivity contribution is 0.0640. The van der Waals surface area contributed by atoms with Gasteiger partial charge in [-0.2, -0.15) is 0 Å². The van der Waals surface area contributed by atoms with E-state index in [4.69, 9.17) is 0 Å². The van der Waals surface area contributed by atoms with Crippen LogP contribution in [0.1, 0.15) is 53.4 Å². The zero-order valence-corrected chi connectivity index (χ0v) is 12.9. The Kier molecular flexibility index (Phi) is 5.08. The van der Waals surface area contributed by atoms with E-state index in [1.165, 1.54) is 51.9 Å². The van der Waals surface area contributed by atoms with Gasteiger partial charge in [-0.05, 0) is 84.5 Å². The summed E-state index contributed by atoms with van der Waals surface area (Å²) < 4.78 is 0. The maximum atomic E-state index is 2.76. The first kappa shape index (κ1) is 14.3. The fourth-order valence-electron chi connectivity index (χ4n) is 3.65. The first-order valence-corrected chi connectivity index (χ1v) is 8.06. The largest absolute Gasteiger partial charge is 0.301 e. The van der Waals surface area contributed by atoms with Gasteiger partial charge < -0.3 is 9.80 Å². The smallest absolute Gasteiger partial charge is 0.00961 e. The van der Waals surface area contributed by atoms with Gasteiger partial charge in [-0.1, -0.05) is 6.92 Å². The normalized spacial score (nSPS) is 27.8. The number of rotatable bonds is 3. The quantitative estimate of drug-likeness (QED) is 0.761. The van der Waals surface area contributed by atoms with Gasteiger partial charge in [-0.15, -0.1) is 0 Å². The maximum absolute atomic E-state index is 2.76. The van der Waals surface area contributed by atoms with Gasteiger partial charge in [0.15, 0.2) is 0 Å². The Hall–Kier alpha value is -0.0800. The summed E-state index contributed by atoms with van der Waals surface area (Å²) in [5, 5.41) is 0. The summed E-state index contributed by atoms with van der Waals surface area (Å²) in [5.41, 5.74) is 0. The molecule has 0 radical (unpaired) electrons. The minimum Gasteiger partial charge on any atom is -0.301 e. The fourth-order valence-corrected chi connectivity index (χ4v) is 3.65. The van der Waals surface area contributed by atoms with Crippen molar-refractivity contribution in [2.24, 2.45) is 11.8 Å². The van der Waals surface area contributed by atoms with Gasteiger partial charge in [0.2, 0.25) is 0 Å². The van der Waals surface area contributed by atoms with Gasteiger partial charge in [0.05, 0.1) is 0 Å². The monoisotopic (exact) mass is 252 g/mol. The molecular weight excluding hydrogens is 220 g/mol. The highest BCUT2D eigenvalue weighted by Crippen LogP contribution is 2.27. The van der Waals surface area contributed by atoms with Crippen LogP contribution in [0.15, 0.2) is 0 Å². The van der Waals surface area contributed by atoms with Crippen molar-refractivity contribution in [3.05, 3.63) is 0 Å². The molecule has 2 saturated heterocycles. The highest BCUT2D eigenvalue weighted by atomic mass is 15.2. The van der Waals surface area contributed by atoms with Crippen molar-refractivity contribution in [3.8, 4) is 0 Å². The second-order valence-corrected chi connectivity index (χ2v) is 6.93. The molecule has 18 heavy (non-hydrogen) atoms. The van der Waals surface area contributed by atoms with E-state index in [9.17, 15) is 0 Å². The number of piperidine rings is 2. The van der Waals surface area contributed by atoms with Crippen molar-refractivity contribution in [2.75, 3.05) is 26.2 Å². The average Bonchev–Trinajstić information content (AvgIpc) is 2.39. The van der Waals surface area contributed by atoms with Crippen molar-refractivity contribution in [3.63, 3.8) is 0 Å². The first-order chi connectivity index (χ1) is 8.58. The van der Waals surface area contributed by atoms with Crippen LogP contribution in [0.4, 0.5) is 0 Å². The number of nitrogens with zero attached hydrogens (tertiary/aromatic N) is 2. The number of hydrogen-bond acceptors (Lipinski definition) is 2. The van der Waals surface area contributed by atoms with Gasteiger partial charge in [-0.3, -0.25) is 0 Å². The van der Waals surface area contributed by atoms with Crippen molar-refractivity contribution in [2.45, 2.75) is 65.5 Å². The summed E-state index contributed by atoms with van der Waals surface area (Å²) in [6.45, 7) is 14.9. The molecular formula is C16H32N2. The molecule has 1 atom stereocenters. The van der Waals surface area contributed by atoms with Gasteiger partial charge in [0.1, 0.15) is 0 Å².